The van der Waals surface area contributed by atoms with Crippen LogP contribution in [0.25, 0.3) is 0 Å². The number of ketones is 2. The molecular weight excluding hydrogens is 472 g/mol. The van der Waals surface area contributed by atoms with Crippen molar-refractivity contribution in [2.75, 3.05) is 6.54 Å². The summed E-state index contributed by atoms with van der Waals surface area (Å²) in [4.78, 5) is 25.0. The van der Waals surface area contributed by atoms with E-state index in [4.69, 9.17) is 17.3 Å². The Kier molecular flexibility index (Phi) is 6.77. The molecule has 2 aromatic carbocycles. The van der Waals surface area contributed by atoms with Crippen LogP contribution in [-0.4, -0.2) is 36.9 Å². The SMILES string of the molecule is C[C@H]1C[C@@H](CC(=O)c2cc3c(cc2Cl)CC(=O)C3)CCN1S(=O)(=O)c1ccc(C(C)(C)N)cc1. The van der Waals surface area contributed by atoms with Gasteiger partial charge >= 0.3 is 0 Å². The quantitative estimate of drug-likeness (QED) is 0.595. The van der Waals surface area contributed by atoms with Gasteiger partial charge in [0.25, 0.3) is 0 Å². The van der Waals surface area contributed by atoms with Crippen LogP contribution < -0.4 is 5.73 Å². The third kappa shape index (κ3) is 4.98. The monoisotopic (exact) mass is 502 g/mol. The first kappa shape index (κ1) is 25.0. The minimum Gasteiger partial charge on any atom is -0.322 e. The van der Waals surface area contributed by atoms with E-state index in [-0.39, 0.29) is 28.4 Å². The van der Waals surface area contributed by atoms with Gasteiger partial charge in [-0.3, -0.25) is 9.59 Å². The van der Waals surface area contributed by atoms with Crippen molar-refractivity contribution < 1.29 is 18.0 Å². The first-order chi connectivity index (χ1) is 15.9. The molecule has 2 N–H and O–H groups in total. The van der Waals surface area contributed by atoms with E-state index in [0.717, 1.165) is 16.7 Å². The number of carbonyl (C=O) groups is 2. The smallest absolute Gasteiger partial charge is 0.243 e. The van der Waals surface area contributed by atoms with E-state index in [2.05, 4.69) is 0 Å². The van der Waals surface area contributed by atoms with Gasteiger partial charge in [-0.25, -0.2) is 8.42 Å². The molecule has 34 heavy (non-hydrogen) atoms. The van der Waals surface area contributed by atoms with Gasteiger partial charge in [0.1, 0.15) is 5.78 Å². The zero-order chi connectivity index (χ0) is 24.8. The molecule has 0 saturated carbocycles. The van der Waals surface area contributed by atoms with E-state index in [9.17, 15) is 18.0 Å². The molecule has 1 aliphatic heterocycles. The molecule has 2 aliphatic rings. The Bertz CT molecular complexity index is 1230. The Morgan fingerprint density at radius 1 is 1.15 bits per heavy atom. The maximum absolute atomic E-state index is 13.3. The fourth-order valence-electron chi connectivity index (χ4n) is 5.04. The van der Waals surface area contributed by atoms with Crippen molar-refractivity contribution in [3.05, 3.63) is 63.7 Å². The summed E-state index contributed by atoms with van der Waals surface area (Å²) in [6, 6.07) is 10.0. The van der Waals surface area contributed by atoms with E-state index in [1.165, 1.54) is 4.31 Å². The summed E-state index contributed by atoms with van der Waals surface area (Å²) in [6.45, 7) is 6.00. The number of piperidine rings is 1. The molecule has 0 bridgehead atoms. The number of benzene rings is 2. The summed E-state index contributed by atoms with van der Waals surface area (Å²) in [5.41, 5.74) is 8.68. The normalized spacial score (nSPS) is 21.5. The van der Waals surface area contributed by atoms with Crippen LogP contribution in [0, 0.1) is 5.92 Å². The molecule has 8 heteroatoms. The molecule has 0 amide bonds. The topological polar surface area (TPSA) is 97.5 Å². The van der Waals surface area contributed by atoms with Gasteiger partial charge < -0.3 is 5.73 Å². The van der Waals surface area contributed by atoms with Crippen molar-refractivity contribution in [1.29, 1.82) is 0 Å². The largest absolute Gasteiger partial charge is 0.322 e. The lowest BCUT2D eigenvalue weighted by Crippen LogP contribution is -2.44. The molecule has 0 aromatic heterocycles. The van der Waals surface area contributed by atoms with Crippen molar-refractivity contribution in [1.82, 2.24) is 4.31 Å². The number of nitrogens with two attached hydrogens (primary N) is 1. The van der Waals surface area contributed by atoms with Gasteiger partial charge in [0.15, 0.2) is 5.78 Å². The van der Waals surface area contributed by atoms with E-state index < -0.39 is 15.6 Å². The van der Waals surface area contributed by atoms with Gasteiger partial charge in [-0.2, -0.15) is 4.31 Å². The van der Waals surface area contributed by atoms with Crippen molar-refractivity contribution in [3.63, 3.8) is 0 Å². The zero-order valence-electron chi connectivity index (χ0n) is 19.8. The lowest BCUT2D eigenvalue weighted by molar-refractivity contribution is -0.117. The number of halogens is 1. The number of fused-ring (bicyclic) bond motifs is 1. The molecule has 1 saturated heterocycles. The maximum Gasteiger partial charge on any atom is 0.243 e. The Morgan fingerprint density at radius 3 is 2.35 bits per heavy atom. The number of hydrogen-bond donors (Lipinski definition) is 1. The zero-order valence-corrected chi connectivity index (χ0v) is 21.4. The number of Topliss-reactive ketones (excluding diaryl/α,β-unsaturated/α-hetero) is 2. The molecule has 0 radical (unpaired) electrons. The minimum atomic E-state index is -3.64. The van der Waals surface area contributed by atoms with E-state index in [0.29, 0.717) is 49.2 Å². The second-order valence-electron chi connectivity index (χ2n) is 10.2. The summed E-state index contributed by atoms with van der Waals surface area (Å²) in [5.74, 6) is 0.153. The highest BCUT2D eigenvalue weighted by atomic mass is 35.5. The van der Waals surface area contributed by atoms with Crippen molar-refractivity contribution in [2.24, 2.45) is 11.7 Å². The van der Waals surface area contributed by atoms with Crippen LogP contribution in [0.4, 0.5) is 0 Å². The van der Waals surface area contributed by atoms with Gasteiger partial charge in [-0.15, -0.1) is 0 Å². The van der Waals surface area contributed by atoms with E-state index >= 15 is 0 Å². The average Bonchev–Trinajstić information content (AvgIpc) is 3.11. The molecule has 6 nitrogen and oxygen atoms in total. The molecule has 1 fully saturated rings. The van der Waals surface area contributed by atoms with Gasteiger partial charge in [-0.05, 0) is 80.5 Å². The van der Waals surface area contributed by atoms with Crippen LogP contribution in [0.5, 0.6) is 0 Å². The number of sulfonamides is 1. The van der Waals surface area contributed by atoms with Crippen molar-refractivity contribution >= 4 is 33.2 Å². The summed E-state index contributed by atoms with van der Waals surface area (Å²) >= 11 is 6.36. The third-order valence-electron chi connectivity index (χ3n) is 6.97. The number of hydrogen-bond acceptors (Lipinski definition) is 5. The molecular formula is C26H31ClN2O4S. The predicted molar refractivity (Wildman–Crippen MR) is 133 cm³/mol. The van der Waals surface area contributed by atoms with Crippen LogP contribution in [0.1, 0.15) is 67.1 Å². The van der Waals surface area contributed by atoms with Crippen LogP contribution in [0.15, 0.2) is 41.3 Å². The second-order valence-corrected chi connectivity index (χ2v) is 12.5. The third-order valence-corrected chi connectivity index (χ3v) is 9.31. The van der Waals surface area contributed by atoms with Crippen LogP contribution in [0.2, 0.25) is 5.02 Å². The van der Waals surface area contributed by atoms with E-state index in [1.807, 2.05) is 20.8 Å². The molecule has 0 spiro atoms. The highest BCUT2D eigenvalue weighted by Gasteiger charge is 2.35. The lowest BCUT2D eigenvalue weighted by atomic mass is 9.87. The predicted octanol–water partition coefficient (Wildman–Crippen LogP) is 4.26. The molecule has 0 unspecified atom stereocenters. The number of rotatable bonds is 6. The molecule has 1 aliphatic carbocycles. The molecule has 1 heterocycles. The van der Waals surface area contributed by atoms with Crippen LogP contribution >= 0.6 is 11.6 Å². The summed E-state index contributed by atoms with van der Waals surface area (Å²) in [6.07, 6.45) is 2.24. The van der Waals surface area contributed by atoms with Gasteiger partial charge in [-0.1, -0.05) is 23.7 Å². The highest BCUT2D eigenvalue weighted by Crippen LogP contribution is 2.33. The summed E-state index contributed by atoms with van der Waals surface area (Å²) < 4.78 is 28.1. The molecule has 4 rings (SSSR count). The number of nitrogens with zero attached hydrogens (tertiary/aromatic N) is 1. The first-order valence-corrected chi connectivity index (χ1v) is 13.5. The summed E-state index contributed by atoms with van der Waals surface area (Å²) in [5, 5.41) is 0.385. The fourth-order valence-corrected chi connectivity index (χ4v) is 6.99. The molecule has 2 atom stereocenters. The highest BCUT2D eigenvalue weighted by molar-refractivity contribution is 7.89. The Morgan fingerprint density at radius 2 is 1.76 bits per heavy atom. The fraction of sp³-hybridized carbons (Fsp3) is 0.462. The van der Waals surface area contributed by atoms with Gasteiger partial charge in [0.2, 0.25) is 10.0 Å². The van der Waals surface area contributed by atoms with Crippen LogP contribution in [-0.2, 0) is 33.2 Å². The summed E-state index contributed by atoms with van der Waals surface area (Å²) in [7, 11) is -3.64. The Hall–Kier alpha value is -2.06. The first-order valence-electron chi connectivity index (χ1n) is 11.6. The van der Waals surface area contributed by atoms with Gasteiger partial charge in [0.05, 0.1) is 9.92 Å². The van der Waals surface area contributed by atoms with Gasteiger partial charge in [0, 0.05) is 43.0 Å². The second kappa shape index (κ2) is 9.19. The van der Waals surface area contributed by atoms with Crippen molar-refractivity contribution in [3.8, 4) is 0 Å². The minimum absolute atomic E-state index is 0.0550. The lowest BCUT2D eigenvalue weighted by Gasteiger charge is -2.36. The van der Waals surface area contributed by atoms with Crippen molar-refractivity contribution in [2.45, 2.75) is 69.4 Å². The number of carbonyl (C=O) groups excluding carboxylic acids is 2. The Labute approximate surface area is 206 Å². The Balaban J connectivity index is 1.43. The maximum atomic E-state index is 13.3. The van der Waals surface area contributed by atoms with E-state index in [1.54, 1.807) is 36.4 Å². The standard InChI is InChI=1S/C26H31ClN2O4S/c1-16-10-17(11-25(31)23-14-18-12-21(30)13-19(18)15-24(23)27)8-9-29(16)34(32,33)22-6-4-20(5-7-22)26(2,3)28/h4-7,14-17H,8-13,28H2,1-3H3/t16-,17-/m0/s1. The van der Waals surface area contributed by atoms with Crippen LogP contribution in [0.3, 0.4) is 0 Å². The molecule has 2 aromatic rings. The molecule has 182 valence electrons. The average molecular weight is 503 g/mol.